The van der Waals surface area contributed by atoms with Gasteiger partial charge in [0.2, 0.25) is 11.8 Å². The number of methoxy groups -OCH3 is 1. The highest BCUT2D eigenvalue weighted by molar-refractivity contribution is 5.98. The molecule has 1 saturated carbocycles. The van der Waals surface area contributed by atoms with E-state index in [1.165, 1.54) is 12.8 Å². The van der Waals surface area contributed by atoms with Crippen molar-refractivity contribution < 1.29 is 19.1 Å². The summed E-state index contributed by atoms with van der Waals surface area (Å²) in [6.07, 6.45) is 6.09. The molecule has 0 unspecified atom stereocenters. The molecule has 0 atom stereocenters. The van der Waals surface area contributed by atoms with Gasteiger partial charge in [-0.25, -0.2) is 0 Å². The Labute approximate surface area is 142 Å². The summed E-state index contributed by atoms with van der Waals surface area (Å²) < 4.78 is 11.0. The first-order chi connectivity index (χ1) is 11.7. The first kappa shape index (κ1) is 16.8. The molecule has 0 radical (unpaired) electrons. The van der Waals surface area contributed by atoms with E-state index in [1.807, 2.05) is 6.07 Å². The van der Waals surface area contributed by atoms with Crippen molar-refractivity contribution in [1.82, 2.24) is 0 Å². The molecule has 0 bridgehead atoms. The number of benzene rings is 1. The second-order valence-electron chi connectivity index (χ2n) is 6.30. The fraction of sp³-hybridized carbons (Fsp3) is 0.556. The number of nitrogens with one attached hydrogen (secondary N) is 1. The lowest BCUT2D eigenvalue weighted by Gasteiger charge is -2.19. The molecule has 1 aliphatic carbocycles. The van der Waals surface area contributed by atoms with Gasteiger partial charge in [0.25, 0.3) is 0 Å². The molecule has 1 aromatic rings. The highest BCUT2D eigenvalue weighted by Crippen LogP contribution is 2.33. The number of amides is 2. The minimum atomic E-state index is -0.172. The Bertz CT molecular complexity index is 611. The van der Waals surface area contributed by atoms with Gasteiger partial charge >= 0.3 is 0 Å². The molecular formula is C18H24N2O4. The van der Waals surface area contributed by atoms with Crippen LogP contribution in [0, 0.1) is 0 Å². The predicted molar refractivity (Wildman–Crippen MR) is 91.4 cm³/mol. The van der Waals surface area contributed by atoms with Crippen molar-refractivity contribution in [3.05, 3.63) is 18.2 Å². The molecule has 3 rings (SSSR count). The molecule has 130 valence electrons. The van der Waals surface area contributed by atoms with E-state index in [4.69, 9.17) is 9.47 Å². The van der Waals surface area contributed by atoms with Gasteiger partial charge in [-0.1, -0.05) is 12.8 Å². The normalized spacial score (nSPS) is 18.2. The Morgan fingerprint density at radius 2 is 2.08 bits per heavy atom. The van der Waals surface area contributed by atoms with E-state index in [9.17, 15) is 9.59 Å². The topological polar surface area (TPSA) is 67.9 Å². The average Bonchev–Trinajstić information content (AvgIpc) is 3.24. The van der Waals surface area contributed by atoms with Crippen LogP contribution in [0.4, 0.5) is 11.4 Å². The van der Waals surface area contributed by atoms with Gasteiger partial charge in [-0.05, 0) is 31.4 Å². The van der Waals surface area contributed by atoms with Crippen molar-refractivity contribution in [3.63, 3.8) is 0 Å². The first-order valence-electron chi connectivity index (χ1n) is 8.57. The average molecular weight is 332 g/mol. The number of nitrogens with zero attached hydrogens (tertiary/aromatic N) is 1. The standard InChI is InChI=1S/C18H24N2O4/c1-23-16-11-13(8-9-15(16)20-10-4-7-18(20)22)19-17(21)12-24-14-5-2-3-6-14/h8-9,11,14H,2-7,10,12H2,1H3,(H,19,21). The summed E-state index contributed by atoms with van der Waals surface area (Å²) in [6.45, 7) is 0.773. The summed E-state index contributed by atoms with van der Waals surface area (Å²) in [4.78, 5) is 25.7. The summed E-state index contributed by atoms with van der Waals surface area (Å²) in [6, 6.07) is 5.35. The zero-order valence-corrected chi connectivity index (χ0v) is 14.0. The molecule has 6 nitrogen and oxygen atoms in total. The second kappa shape index (κ2) is 7.66. The summed E-state index contributed by atoms with van der Waals surface area (Å²) >= 11 is 0. The number of carbonyl (C=O) groups excluding carboxylic acids is 2. The highest BCUT2D eigenvalue weighted by atomic mass is 16.5. The van der Waals surface area contributed by atoms with Crippen LogP contribution in [0.1, 0.15) is 38.5 Å². The maximum Gasteiger partial charge on any atom is 0.250 e. The van der Waals surface area contributed by atoms with Gasteiger partial charge in [0.05, 0.1) is 18.9 Å². The van der Waals surface area contributed by atoms with Gasteiger partial charge in [0.1, 0.15) is 12.4 Å². The number of carbonyl (C=O) groups is 2. The number of hydrogen-bond donors (Lipinski definition) is 1. The molecule has 1 aromatic carbocycles. The quantitative estimate of drug-likeness (QED) is 0.870. The Hall–Kier alpha value is -2.08. The van der Waals surface area contributed by atoms with Gasteiger partial charge in [-0.3, -0.25) is 9.59 Å². The van der Waals surface area contributed by atoms with Gasteiger partial charge in [-0.15, -0.1) is 0 Å². The Balaban J connectivity index is 1.61. The minimum absolute atomic E-state index is 0.0688. The van der Waals surface area contributed by atoms with Crippen LogP contribution in [0.25, 0.3) is 0 Å². The minimum Gasteiger partial charge on any atom is -0.494 e. The Kier molecular flexibility index (Phi) is 5.35. The van der Waals surface area contributed by atoms with E-state index in [0.717, 1.165) is 24.9 Å². The maximum absolute atomic E-state index is 12.0. The summed E-state index contributed by atoms with van der Waals surface area (Å²) in [7, 11) is 1.56. The largest absolute Gasteiger partial charge is 0.494 e. The van der Waals surface area contributed by atoms with Crippen molar-refractivity contribution in [3.8, 4) is 5.75 Å². The monoisotopic (exact) mass is 332 g/mol. The lowest BCUT2D eigenvalue weighted by Crippen LogP contribution is -2.24. The third-order valence-corrected chi connectivity index (χ3v) is 4.58. The number of rotatable bonds is 6. The third-order valence-electron chi connectivity index (χ3n) is 4.58. The van der Waals surface area contributed by atoms with Crippen molar-refractivity contribution in [2.75, 3.05) is 30.5 Å². The molecule has 1 saturated heterocycles. The molecule has 0 spiro atoms. The van der Waals surface area contributed by atoms with Crippen molar-refractivity contribution in [2.24, 2.45) is 0 Å². The molecule has 1 N–H and O–H groups in total. The Morgan fingerprint density at radius 1 is 1.29 bits per heavy atom. The second-order valence-corrected chi connectivity index (χ2v) is 6.30. The predicted octanol–water partition coefficient (Wildman–Crippen LogP) is 2.72. The van der Waals surface area contributed by atoms with E-state index in [0.29, 0.717) is 24.4 Å². The highest BCUT2D eigenvalue weighted by Gasteiger charge is 2.24. The van der Waals surface area contributed by atoms with Crippen molar-refractivity contribution in [1.29, 1.82) is 0 Å². The fourth-order valence-electron chi connectivity index (χ4n) is 3.33. The van der Waals surface area contributed by atoms with Crippen LogP contribution in [0.3, 0.4) is 0 Å². The first-order valence-corrected chi connectivity index (χ1v) is 8.57. The number of hydrogen-bond acceptors (Lipinski definition) is 4. The van der Waals surface area contributed by atoms with Gasteiger partial charge in [0.15, 0.2) is 0 Å². The Morgan fingerprint density at radius 3 is 2.75 bits per heavy atom. The van der Waals surface area contributed by atoms with Crippen LogP contribution < -0.4 is 15.0 Å². The van der Waals surface area contributed by atoms with Crippen LogP contribution in [-0.2, 0) is 14.3 Å². The summed E-state index contributed by atoms with van der Waals surface area (Å²) in [5.41, 5.74) is 1.39. The van der Waals surface area contributed by atoms with Crippen LogP contribution in [-0.4, -0.2) is 38.2 Å². The van der Waals surface area contributed by atoms with Gasteiger partial charge in [-0.2, -0.15) is 0 Å². The molecule has 2 amide bonds. The molecular weight excluding hydrogens is 308 g/mol. The molecule has 6 heteroatoms. The summed E-state index contributed by atoms with van der Waals surface area (Å²) in [5, 5.41) is 2.82. The maximum atomic E-state index is 12.0. The van der Waals surface area contributed by atoms with Crippen molar-refractivity contribution >= 4 is 23.2 Å². The van der Waals surface area contributed by atoms with Crippen LogP contribution >= 0.6 is 0 Å². The van der Waals surface area contributed by atoms with E-state index in [1.54, 1.807) is 24.1 Å². The SMILES string of the molecule is COc1cc(NC(=O)COC2CCCC2)ccc1N1CCCC1=O. The summed E-state index contributed by atoms with van der Waals surface area (Å²) in [5.74, 6) is 0.517. The fourth-order valence-corrected chi connectivity index (χ4v) is 3.33. The van der Waals surface area contributed by atoms with Gasteiger partial charge < -0.3 is 19.7 Å². The molecule has 24 heavy (non-hydrogen) atoms. The van der Waals surface area contributed by atoms with Crippen LogP contribution in [0.2, 0.25) is 0 Å². The van der Waals surface area contributed by atoms with E-state index in [-0.39, 0.29) is 24.5 Å². The molecule has 2 fully saturated rings. The molecule has 1 heterocycles. The van der Waals surface area contributed by atoms with E-state index < -0.39 is 0 Å². The lowest BCUT2D eigenvalue weighted by molar-refractivity contribution is -0.122. The molecule has 1 aliphatic heterocycles. The van der Waals surface area contributed by atoms with E-state index >= 15 is 0 Å². The number of ether oxygens (including phenoxy) is 2. The third kappa shape index (κ3) is 3.87. The zero-order chi connectivity index (χ0) is 16.9. The van der Waals surface area contributed by atoms with Crippen LogP contribution in [0.5, 0.6) is 5.75 Å². The number of anilines is 2. The van der Waals surface area contributed by atoms with Crippen LogP contribution in [0.15, 0.2) is 18.2 Å². The molecule has 0 aromatic heterocycles. The van der Waals surface area contributed by atoms with Crippen molar-refractivity contribution in [2.45, 2.75) is 44.6 Å². The lowest BCUT2D eigenvalue weighted by atomic mass is 10.2. The van der Waals surface area contributed by atoms with Gasteiger partial charge in [0, 0.05) is 24.7 Å². The smallest absolute Gasteiger partial charge is 0.250 e. The molecule has 2 aliphatic rings. The zero-order valence-electron chi connectivity index (χ0n) is 14.0. The van der Waals surface area contributed by atoms with E-state index in [2.05, 4.69) is 5.32 Å².